The first-order valence-corrected chi connectivity index (χ1v) is 7.82. The first-order valence-electron chi connectivity index (χ1n) is 7.82. The first kappa shape index (κ1) is 13.7. The van der Waals surface area contributed by atoms with Crippen LogP contribution in [0.5, 0.6) is 0 Å². The van der Waals surface area contributed by atoms with Gasteiger partial charge in [-0.15, -0.1) is 0 Å². The molecule has 2 N–H and O–H groups in total. The van der Waals surface area contributed by atoms with Crippen molar-refractivity contribution in [2.75, 3.05) is 13.1 Å². The molecule has 1 fully saturated rings. The first-order chi connectivity index (χ1) is 9.76. The summed E-state index contributed by atoms with van der Waals surface area (Å²) in [4.78, 5) is 2.55. The maximum atomic E-state index is 6.06. The van der Waals surface area contributed by atoms with Crippen LogP contribution in [0.3, 0.4) is 0 Å². The highest BCUT2D eigenvalue weighted by molar-refractivity contribution is 5.80. The van der Waals surface area contributed by atoms with Gasteiger partial charge in [0, 0.05) is 30.8 Å². The lowest BCUT2D eigenvalue weighted by Gasteiger charge is -2.20. The summed E-state index contributed by atoms with van der Waals surface area (Å²) in [6, 6.07) is 9.48. The number of aromatic nitrogens is 1. The van der Waals surface area contributed by atoms with Gasteiger partial charge in [0.05, 0.1) is 0 Å². The van der Waals surface area contributed by atoms with E-state index in [1.165, 1.54) is 35.9 Å². The summed E-state index contributed by atoms with van der Waals surface area (Å²) in [7, 11) is 0. The second kappa shape index (κ2) is 5.98. The minimum atomic E-state index is 0.403. The molecule has 0 bridgehead atoms. The Morgan fingerprint density at radius 3 is 2.95 bits per heavy atom. The smallest absolute Gasteiger partial charge is 0.0483 e. The number of likely N-dealkylation sites (tertiary alicyclic amines) is 1. The van der Waals surface area contributed by atoms with E-state index in [4.69, 9.17) is 5.73 Å². The Morgan fingerprint density at radius 2 is 2.10 bits per heavy atom. The second-order valence-corrected chi connectivity index (χ2v) is 5.96. The molecular formula is C17H25N3. The van der Waals surface area contributed by atoms with Gasteiger partial charge in [-0.05, 0) is 62.4 Å². The van der Waals surface area contributed by atoms with E-state index in [1.54, 1.807) is 0 Å². The maximum absolute atomic E-state index is 6.06. The van der Waals surface area contributed by atoms with E-state index in [9.17, 15) is 0 Å². The fourth-order valence-corrected chi connectivity index (χ4v) is 3.20. The van der Waals surface area contributed by atoms with E-state index in [1.807, 2.05) is 0 Å². The molecule has 0 aliphatic carbocycles. The zero-order valence-electron chi connectivity index (χ0n) is 12.4. The number of fused-ring (bicyclic) bond motifs is 1. The number of benzene rings is 1. The standard InChI is InChI=1S/C17H25N3/c1-2-20-11-7-15-6-5-14(12-17(15)20)13-19-9-3-4-16(18)8-10-19/h5-7,11-12,16H,2-4,8-10,13,18H2,1H3/t16-/m0/s1. The monoisotopic (exact) mass is 271 g/mol. The molecule has 3 rings (SSSR count). The highest BCUT2D eigenvalue weighted by atomic mass is 15.1. The van der Waals surface area contributed by atoms with E-state index in [0.717, 1.165) is 26.1 Å². The molecule has 0 amide bonds. The van der Waals surface area contributed by atoms with Crippen LogP contribution in [0, 0.1) is 0 Å². The largest absolute Gasteiger partial charge is 0.348 e. The predicted octanol–water partition coefficient (Wildman–Crippen LogP) is 2.97. The van der Waals surface area contributed by atoms with Crippen molar-refractivity contribution in [3.05, 3.63) is 36.0 Å². The van der Waals surface area contributed by atoms with Crippen molar-refractivity contribution < 1.29 is 0 Å². The Kier molecular flexibility index (Phi) is 4.08. The van der Waals surface area contributed by atoms with Gasteiger partial charge >= 0.3 is 0 Å². The Labute approximate surface area is 121 Å². The molecule has 1 aromatic carbocycles. The van der Waals surface area contributed by atoms with Crippen LogP contribution >= 0.6 is 0 Å². The third-order valence-corrected chi connectivity index (χ3v) is 4.45. The number of hydrogen-bond donors (Lipinski definition) is 1. The zero-order valence-corrected chi connectivity index (χ0v) is 12.4. The van der Waals surface area contributed by atoms with E-state index >= 15 is 0 Å². The van der Waals surface area contributed by atoms with Gasteiger partial charge in [0.1, 0.15) is 0 Å². The number of rotatable bonds is 3. The minimum absolute atomic E-state index is 0.403. The van der Waals surface area contributed by atoms with E-state index in [0.29, 0.717) is 6.04 Å². The highest BCUT2D eigenvalue weighted by Crippen LogP contribution is 2.20. The summed E-state index contributed by atoms with van der Waals surface area (Å²) in [5.41, 5.74) is 8.83. The van der Waals surface area contributed by atoms with E-state index in [2.05, 4.69) is 46.9 Å². The van der Waals surface area contributed by atoms with Gasteiger partial charge in [-0.1, -0.05) is 12.1 Å². The fourth-order valence-electron chi connectivity index (χ4n) is 3.20. The van der Waals surface area contributed by atoms with Gasteiger partial charge in [0.2, 0.25) is 0 Å². The van der Waals surface area contributed by atoms with Crippen LogP contribution in [-0.2, 0) is 13.1 Å². The molecule has 1 aromatic heterocycles. The number of hydrogen-bond acceptors (Lipinski definition) is 2. The molecule has 0 unspecified atom stereocenters. The minimum Gasteiger partial charge on any atom is -0.348 e. The van der Waals surface area contributed by atoms with E-state index < -0.39 is 0 Å². The Morgan fingerprint density at radius 1 is 1.20 bits per heavy atom. The third-order valence-electron chi connectivity index (χ3n) is 4.45. The molecule has 1 saturated heterocycles. The zero-order chi connectivity index (χ0) is 13.9. The number of nitrogens with two attached hydrogens (primary N) is 1. The fraction of sp³-hybridized carbons (Fsp3) is 0.529. The summed E-state index contributed by atoms with van der Waals surface area (Å²) in [5.74, 6) is 0. The Bertz CT molecular complexity index is 573. The van der Waals surface area contributed by atoms with Crippen molar-refractivity contribution >= 4 is 10.9 Å². The molecule has 20 heavy (non-hydrogen) atoms. The quantitative estimate of drug-likeness (QED) is 0.931. The van der Waals surface area contributed by atoms with Gasteiger partial charge in [-0.2, -0.15) is 0 Å². The molecule has 0 radical (unpaired) electrons. The van der Waals surface area contributed by atoms with Crippen LogP contribution in [-0.4, -0.2) is 28.6 Å². The average molecular weight is 271 g/mol. The van der Waals surface area contributed by atoms with Crippen LogP contribution in [0.25, 0.3) is 10.9 Å². The highest BCUT2D eigenvalue weighted by Gasteiger charge is 2.14. The molecule has 1 atom stereocenters. The van der Waals surface area contributed by atoms with Crippen molar-refractivity contribution in [1.29, 1.82) is 0 Å². The van der Waals surface area contributed by atoms with Crippen molar-refractivity contribution in [2.45, 2.75) is 45.3 Å². The third kappa shape index (κ3) is 2.89. The summed E-state index contributed by atoms with van der Waals surface area (Å²) in [6.07, 6.45) is 5.72. The number of nitrogens with zero attached hydrogens (tertiary/aromatic N) is 2. The van der Waals surface area contributed by atoms with Crippen molar-refractivity contribution in [2.24, 2.45) is 5.73 Å². The molecule has 108 valence electrons. The molecule has 1 aliphatic heterocycles. The molecule has 3 heteroatoms. The van der Waals surface area contributed by atoms with Gasteiger partial charge in [0.15, 0.2) is 0 Å². The Balaban J connectivity index is 1.76. The normalized spacial score (nSPS) is 21.2. The van der Waals surface area contributed by atoms with Crippen LogP contribution < -0.4 is 5.73 Å². The Hall–Kier alpha value is -1.32. The molecule has 2 aromatic rings. The molecule has 1 aliphatic rings. The summed E-state index contributed by atoms with van der Waals surface area (Å²) in [6.45, 7) is 6.60. The SMILES string of the molecule is CCn1ccc2ccc(CN3CCC[C@H](N)CC3)cc21. The summed E-state index contributed by atoms with van der Waals surface area (Å²) >= 11 is 0. The van der Waals surface area contributed by atoms with Gasteiger partial charge in [-0.25, -0.2) is 0 Å². The van der Waals surface area contributed by atoms with Gasteiger partial charge < -0.3 is 10.3 Å². The maximum Gasteiger partial charge on any atom is 0.0483 e. The average Bonchev–Trinajstić information content (AvgIpc) is 2.75. The topological polar surface area (TPSA) is 34.2 Å². The van der Waals surface area contributed by atoms with Crippen molar-refractivity contribution in [3.63, 3.8) is 0 Å². The van der Waals surface area contributed by atoms with E-state index in [-0.39, 0.29) is 0 Å². The van der Waals surface area contributed by atoms with Crippen LogP contribution in [0.1, 0.15) is 31.7 Å². The summed E-state index contributed by atoms with van der Waals surface area (Å²) in [5, 5.41) is 1.34. The molecule has 0 saturated carbocycles. The van der Waals surface area contributed by atoms with Gasteiger partial charge in [0.25, 0.3) is 0 Å². The molecular weight excluding hydrogens is 246 g/mol. The van der Waals surface area contributed by atoms with Crippen LogP contribution in [0.15, 0.2) is 30.5 Å². The summed E-state index contributed by atoms with van der Waals surface area (Å²) < 4.78 is 2.32. The van der Waals surface area contributed by atoms with Crippen LogP contribution in [0.2, 0.25) is 0 Å². The number of aryl methyl sites for hydroxylation is 1. The molecule has 3 nitrogen and oxygen atoms in total. The van der Waals surface area contributed by atoms with Crippen molar-refractivity contribution in [3.8, 4) is 0 Å². The molecule has 2 heterocycles. The lowest BCUT2D eigenvalue weighted by Crippen LogP contribution is -2.26. The molecule has 0 spiro atoms. The van der Waals surface area contributed by atoms with Crippen LogP contribution in [0.4, 0.5) is 0 Å². The second-order valence-electron chi connectivity index (χ2n) is 5.96. The lowest BCUT2D eigenvalue weighted by molar-refractivity contribution is 0.276. The predicted molar refractivity (Wildman–Crippen MR) is 84.7 cm³/mol. The van der Waals surface area contributed by atoms with Gasteiger partial charge in [-0.3, -0.25) is 4.90 Å². The van der Waals surface area contributed by atoms with Crippen molar-refractivity contribution in [1.82, 2.24) is 9.47 Å². The lowest BCUT2D eigenvalue weighted by atomic mass is 10.1.